The molecule has 0 aliphatic carbocycles. The second kappa shape index (κ2) is 51.4. The zero-order valence-electron chi connectivity index (χ0n) is 63.0. The summed E-state index contributed by atoms with van der Waals surface area (Å²) in [5.74, 6) is -9.30. The summed E-state index contributed by atoms with van der Waals surface area (Å²) in [5, 5.41) is 104. The molecule has 2 heterocycles. The second-order valence-corrected chi connectivity index (χ2v) is 28.5. The van der Waals surface area contributed by atoms with Crippen molar-refractivity contribution < 1.29 is 207 Å². The molecule has 0 radical (unpaired) electrons. The Morgan fingerprint density at radius 2 is 0.982 bits per heavy atom. The van der Waals surface area contributed by atoms with Crippen molar-refractivity contribution in [2.45, 2.75) is 170 Å². The van der Waals surface area contributed by atoms with E-state index in [9.17, 15) is 88.8 Å². The minimum Gasteiger partial charge on any atom is -0.870 e. The molecule has 0 bridgehead atoms. The minimum absolute atomic E-state index is 0. The van der Waals surface area contributed by atoms with Crippen LogP contribution >= 0.6 is 23.5 Å². The van der Waals surface area contributed by atoms with E-state index in [1.54, 1.807) is 54.8 Å². The normalized spacial score (nSPS) is 20.2. The Balaban J connectivity index is 0.00000798. The van der Waals surface area contributed by atoms with E-state index >= 15 is 0 Å². The number of benzene rings is 5. The van der Waals surface area contributed by atoms with Crippen LogP contribution in [-0.2, 0) is 47.7 Å². The quantitative estimate of drug-likeness (QED) is 0.00746. The molecule has 0 unspecified atom stereocenters. The number of carboxylic acid groups (broad SMARTS) is 2. The number of thioether (sulfide) groups is 2. The predicted octanol–water partition coefficient (Wildman–Crippen LogP) is -6.88. The largest absolute Gasteiger partial charge is 1.00 e. The number of amides is 5. The van der Waals surface area contributed by atoms with Crippen LogP contribution < -0.4 is 130 Å². The molecular formula is C77H95N5Na3O24S2-. The van der Waals surface area contributed by atoms with Gasteiger partial charge in [0.15, 0.2) is 5.78 Å². The average molecular weight is 1610 g/mol. The van der Waals surface area contributed by atoms with E-state index < -0.39 is 140 Å². The van der Waals surface area contributed by atoms with Crippen molar-refractivity contribution >= 4 is 82.9 Å². The number of ketones is 2. The Morgan fingerprint density at radius 1 is 0.532 bits per heavy atom. The molecule has 2 fully saturated rings. The Bertz CT molecular complexity index is 3750. The summed E-state index contributed by atoms with van der Waals surface area (Å²) in [6.07, 6.45) is -10.6. The van der Waals surface area contributed by atoms with E-state index in [1.165, 1.54) is 48.6 Å². The monoisotopic (exact) mass is 1610 g/mol. The van der Waals surface area contributed by atoms with E-state index in [4.69, 9.17) is 23.7 Å². The van der Waals surface area contributed by atoms with Crippen molar-refractivity contribution in [2.24, 2.45) is 0 Å². The molecule has 111 heavy (non-hydrogen) atoms. The van der Waals surface area contributed by atoms with Gasteiger partial charge in [0.25, 0.3) is 17.7 Å². The molecule has 2 aliphatic rings. The maximum absolute atomic E-state index is 13.8. The van der Waals surface area contributed by atoms with Crippen molar-refractivity contribution in [3.05, 3.63) is 150 Å². The summed E-state index contributed by atoms with van der Waals surface area (Å²) in [4.78, 5) is 127. The van der Waals surface area contributed by atoms with Gasteiger partial charge in [0.1, 0.15) is 41.9 Å². The first kappa shape index (κ1) is 99.7. The molecule has 12 atom stereocenters. The molecule has 2 aliphatic heterocycles. The van der Waals surface area contributed by atoms with Gasteiger partial charge in [0.2, 0.25) is 17.6 Å². The van der Waals surface area contributed by atoms with Crippen molar-refractivity contribution in [3.63, 3.8) is 0 Å². The number of Topliss-reactive ketones (excluding diaryl/α,β-unsaturated/α-hetero) is 2. The first-order valence-electron chi connectivity index (χ1n) is 35.5. The Labute approximate surface area is 719 Å². The van der Waals surface area contributed by atoms with E-state index in [0.717, 1.165) is 29.2 Å². The van der Waals surface area contributed by atoms with Crippen LogP contribution in [0.25, 0.3) is 22.3 Å². The third-order valence-corrected chi connectivity index (χ3v) is 20.0. The number of hydrogen-bond donors (Lipinski definition) is 11. The zero-order chi connectivity index (χ0) is 77.5. The van der Waals surface area contributed by atoms with E-state index in [0.29, 0.717) is 61.5 Å². The molecule has 29 nitrogen and oxygen atoms in total. The van der Waals surface area contributed by atoms with Crippen LogP contribution in [0.1, 0.15) is 139 Å². The molecule has 2 saturated heterocycles. The van der Waals surface area contributed by atoms with Crippen LogP contribution in [0.3, 0.4) is 0 Å². The fourth-order valence-corrected chi connectivity index (χ4v) is 13.7. The topological polar surface area (TPSA) is 474 Å². The van der Waals surface area contributed by atoms with Crippen LogP contribution in [0.4, 0.5) is 0 Å². The summed E-state index contributed by atoms with van der Waals surface area (Å²) in [7, 11) is 0. The van der Waals surface area contributed by atoms with Gasteiger partial charge in [0.05, 0.1) is 61.1 Å². The van der Waals surface area contributed by atoms with Crippen molar-refractivity contribution in [3.8, 4) is 28.0 Å². The zero-order valence-corrected chi connectivity index (χ0v) is 70.7. The smallest absolute Gasteiger partial charge is 0.870 e. The summed E-state index contributed by atoms with van der Waals surface area (Å²) in [5.41, 5.74) is 4.52. The fraction of sp³-hybridized carbons (Fsp3) is 0.481. The molecule has 588 valence electrons. The van der Waals surface area contributed by atoms with Gasteiger partial charge in [-0.3, -0.25) is 33.6 Å². The van der Waals surface area contributed by atoms with Crippen molar-refractivity contribution in [2.75, 3.05) is 62.5 Å². The van der Waals surface area contributed by atoms with Gasteiger partial charge in [-0.25, -0.2) is 6.29 Å². The SMILES string of the molecule is CC(=O)N[C@H]1[C@H]([C@H](O)[C@H](O)CNC(=O)c2ccc(-c3ccccc3)cc2)O[C@]([C-]=O)(OCCCSCCNC(=O)c2ccc(C(=O)CCCSCCCO[C@]3(C(=O)[O-])C[C@H](O)[C@@H](NC(C)=O)[C@H]([C@H](O)[C@H](O)CNC(=O)c4ccc(-c5ccccc5)cc4)O3)c(OCCCCC(=O)CCCCC(=O)[O-])c2)C[C@@H]1O.[Na+].[Na+].[Na+].[OH-]. The fourth-order valence-electron chi connectivity index (χ4n) is 12.1. The Morgan fingerprint density at radius 3 is 1.49 bits per heavy atom. The summed E-state index contributed by atoms with van der Waals surface area (Å²) in [6, 6.07) is 34.0. The van der Waals surface area contributed by atoms with Crippen molar-refractivity contribution in [1.29, 1.82) is 0 Å². The molecule has 12 N–H and O–H groups in total. The van der Waals surface area contributed by atoms with Crippen LogP contribution in [0, 0.1) is 0 Å². The van der Waals surface area contributed by atoms with Crippen LogP contribution in [0.15, 0.2) is 127 Å². The Hall–Kier alpha value is -5.54. The van der Waals surface area contributed by atoms with Gasteiger partial charge in [-0.15, -0.1) is 0 Å². The number of aliphatic hydroxyl groups is 6. The minimum atomic E-state index is -2.64. The summed E-state index contributed by atoms with van der Waals surface area (Å²) >= 11 is 2.85. The third kappa shape index (κ3) is 31.9. The number of hydrogen-bond acceptors (Lipinski definition) is 26. The second-order valence-electron chi connectivity index (χ2n) is 26.0. The van der Waals surface area contributed by atoms with Gasteiger partial charge >= 0.3 is 88.7 Å². The first-order chi connectivity index (χ1) is 51.3. The third-order valence-electron chi connectivity index (χ3n) is 17.8. The van der Waals surface area contributed by atoms with E-state index in [1.807, 2.05) is 60.7 Å². The summed E-state index contributed by atoms with van der Waals surface area (Å²) < 4.78 is 29.5. The molecule has 5 aromatic carbocycles. The number of nitrogens with one attached hydrogen (secondary N) is 5. The molecule has 34 heteroatoms. The van der Waals surface area contributed by atoms with Crippen molar-refractivity contribution in [1.82, 2.24) is 26.6 Å². The number of ether oxygens (including phenoxy) is 5. The standard InChI is InChI=1S/C77H96N5O23S2.3Na.H2O/c1-48(84)81-66-60(88)43-76(47-83,104-70(66)68(94)62(90)45-79-72(96)54-28-24-52(25-29-54)50-16-5-3-6-17-50)102-36-14-40-107-41-34-78-74(98)56-32-33-58(64(42-56)101-35-12-11-21-57(86)20-9-10-23-65(92)93)59(87)22-13-38-106-39-15-37-103-77(75(99)100)44-61(89)67(82-49(2)85)71(105-77)69(95)63(91)46-80-73(97)55-30-26-53(27-31-55)51-18-7-4-8-19-51;;;;/h3-8,16-19,24-33,42,60-63,66-71,88-91,94-95H,9-15,20-23,34-41,43-46H2,1-2H3,(H,78,98)(H,79,96)(H,80,97)(H,81,84)(H,82,85)(H,92,93)(H,99,100);;;;1H2/q-1;3*+1;/p-3/t60-,61-,62+,63+,66+,67+,68+,69+,70+,71+,76+,77+;;;;/m0..../s1. The number of aliphatic carboxylic acids is 2. The number of rotatable bonds is 46. The number of aliphatic hydroxyl groups excluding tert-OH is 6. The summed E-state index contributed by atoms with van der Waals surface area (Å²) in [6.45, 7) is 1.21. The Kier molecular flexibility index (Phi) is 46.2. The number of carboxylic acids is 2. The van der Waals surface area contributed by atoms with Crippen LogP contribution in [0.2, 0.25) is 0 Å². The van der Waals surface area contributed by atoms with E-state index in [2.05, 4.69) is 26.6 Å². The van der Waals surface area contributed by atoms with E-state index in [-0.39, 0.29) is 192 Å². The number of unbranched alkanes of at least 4 members (excludes halogenated alkanes) is 2. The van der Waals surface area contributed by atoms with Gasteiger partial charge in [-0.05, 0) is 133 Å². The molecule has 0 saturated carbocycles. The molecule has 7 rings (SSSR count). The van der Waals surface area contributed by atoms with Gasteiger partial charge in [-0.1, -0.05) is 84.9 Å². The maximum Gasteiger partial charge on any atom is 1.00 e. The molecule has 0 aromatic heterocycles. The van der Waals surface area contributed by atoms with Crippen LogP contribution in [0.5, 0.6) is 5.75 Å². The molecule has 5 aromatic rings. The molecular weight excluding hydrogens is 1510 g/mol. The number of carbonyl (C=O) groups excluding carboxylic acids is 10. The van der Waals surface area contributed by atoms with Gasteiger partial charge in [-0.2, -0.15) is 23.5 Å². The van der Waals surface area contributed by atoms with Gasteiger partial charge in [0, 0.05) is 101 Å². The number of carbonyl (C=O) groups is 9. The molecule has 5 amide bonds. The predicted molar refractivity (Wildman–Crippen MR) is 393 cm³/mol. The average Bonchev–Trinajstić information content (AvgIpc) is 0.775. The molecule has 0 spiro atoms. The van der Waals surface area contributed by atoms with Gasteiger partial charge < -0.3 is 111 Å². The maximum atomic E-state index is 13.8. The first-order valence-corrected chi connectivity index (χ1v) is 37.8. The van der Waals surface area contributed by atoms with Crippen LogP contribution in [-0.4, -0.2) is 230 Å².